The average molecular weight is 417 g/mol. The first-order valence-electron chi connectivity index (χ1n) is 6.81. The molecule has 0 aliphatic rings. The van der Waals surface area contributed by atoms with Gasteiger partial charge in [0.1, 0.15) is 11.5 Å². The fourth-order valence-electron chi connectivity index (χ4n) is 1.91. The van der Waals surface area contributed by atoms with Crippen molar-refractivity contribution in [3.05, 3.63) is 75.8 Å². The summed E-state index contributed by atoms with van der Waals surface area (Å²) in [5.41, 5.74) is 3.87. The van der Waals surface area contributed by atoms with Gasteiger partial charge in [0.25, 0.3) is 5.91 Å². The maximum absolute atomic E-state index is 11.8. The number of nitrogens with zero attached hydrogens (tertiary/aromatic N) is 2. The third kappa shape index (κ3) is 4.04. The quantitative estimate of drug-likeness (QED) is 0.400. The predicted octanol–water partition coefficient (Wildman–Crippen LogP) is 3.71. The molecule has 0 radical (unpaired) electrons. The van der Waals surface area contributed by atoms with Gasteiger partial charge < -0.3 is 4.42 Å². The van der Waals surface area contributed by atoms with E-state index in [0.717, 1.165) is 14.9 Å². The lowest BCUT2D eigenvalue weighted by Crippen LogP contribution is -2.17. The number of pyridine rings is 1. The topological polar surface area (TPSA) is 67.5 Å². The zero-order chi connectivity index (χ0) is 16.1. The van der Waals surface area contributed by atoms with Crippen molar-refractivity contribution in [1.29, 1.82) is 0 Å². The molecular weight excluding hydrogens is 405 g/mol. The maximum Gasteiger partial charge on any atom is 0.272 e. The molecule has 1 N–H and O–H groups in total. The van der Waals surface area contributed by atoms with E-state index >= 15 is 0 Å². The number of rotatable bonds is 4. The van der Waals surface area contributed by atoms with Gasteiger partial charge in [-0.3, -0.25) is 9.78 Å². The summed E-state index contributed by atoms with van der Waals surface area (Å²) in [6.07, 6.45) is 4.55. The van der Waals surface area contributed by atoms with Gasteiger partial charge in [-0.15, -0.1) is 0 Å². The lowest BCUT2D eigenvalue weighted by Gasteiger charge is -1.98. The highest BCUT2D eigenvalue weighted by Crippen LogP contribution is 2.22. The molecule has 3 rings (SSSR count). The molecule has 2 aromatic heterocycles. The van der Waals surface area contributed by atoms with E-state index in [9.17, 15) is 4.79 Å². The Labute approximate surface area is 146 Å². The first-order valence-corrected chi connectivity index (χ1v) is 7.89. The highest BCUT2D eigenvalue weighted by atomic mass is 127. The van der Waals surface area contributed by atoms with Crippen LogP contribution in [0.1, 0.15) is 16.1 Å². The third-order valence-electron chi connectivity index (χ3n) is 3.04. The van der Waals surface area contributed by atoms with Crippen LogP contribution in [-0.2, 0) is 0 Å². The first kappa shape index (κ1) is 15.4. The molecule has 114 valence electrons. The number of aromatic nitrogens is 1. The Balaban J connectivity index is 1.65. The van der Waals surface area contributed by atoms with Gasteiger partial charge in [0, 0.05) is 21.5 Å². The number of furan rings is 1. The molecule has 0 saturated heterocycles. The van der Waals surface area contributed by atoms with Crippen LogP contribution in [0.3, 0.4) is 0 Å². The molecule has 23 heavy (non-hydrogen) atoms. The Kier molecular flexibility index (Phi) is 4.82. The summed E-state index contributed by atoms with van der Waals surface area (Å²) >= 11 is 2.25. The van der Waals surface area contributed by atoms with Crippen LogP contribution in [0.2, 0.25) is 0 Å². The van der Waals surface area contributed by atoms with Crippen molar-refractivity contribution in [2.24, 2.45) is 5.10 Å². The van der Waals surface area contributed by atoms with Crippen molar-refractivity contribution < 1.29 is 9.21 Å². The minimum atomic E-state index is -0.321. The number of hydrogen-bond donors (Lipinski definition) is 1. The van der Waals surface area contributed by atoms with Crippen LogP contribution in [-0.4, -0.2) is 17.1 Å². The highest BCUT2D eigenvalue weighted by Gasteiger charge is 2.05. The molecule has 1 amide bonds. The van der Waals surface area contributed by atoms with E-state index in [1.54, 1.807) is 24.4 Å². The van der Waals surface area contributed by atoms with E-state index in [2.05, 4.69) is 38.1 Å². The normalized spacial score (nSPS) is 10.8. The van der Waals surface area contributed by atoms with Gasteiger partial charge in [-0.05, 0) is 59.0 Å². The van der Waals surface area contributed by atoms with Gasteiger partial charge in [0.05, 0.1) is 11.8 Å². The lowest BCUT2D eigenvalue weighted by atomic mass is 10.2. The second-order valence-electron chi connectivity index (χ2n) is 4.65. The van der Waals surface area contributed by atoms with E-state index in [1.807, 2.05) is 30.3 Å². The molecule has 0 saturated carbocycles. The van der Waals surface area contributed by atoms with Crippen molar-refractivity contribution >= 4 is 34.7 Å². The van der Waals surface area contributed by atoms with Gasteiger partial charge in [-0.2, -0.15) is 5.10 Å². The molecule has 6 heteroatoms. The number of carbonyl (C=O) groups is 1. The highest BCUT2D eigenvalue weighted by molar-refractivity contribution is 14.1. The van der Waals surface area contributed by atoms with Crippen molar-refractivity contribution in [1.82, 2.24) is 10.4 Å². The Morgan fingerprint density at radius 3 is 2.74 bits per heavy atom. The number of hydrogen-bond acceptors (Lipinski definition) is 4. The van der Waals surface area contributed by atoms with E-state index in [1.165, 1.54) is 12.4 Å². The van der Waals surface area contributed by atoms with Crippen molar-refractivity contribution in [3.63, 3.8) is 0 Å². The largest absolute Gasteiger partial charge is 0.455 e. The van der Waals surface area contributed by atoms with Gasteiger partial charge in [-0.1, -0.05) is 12.1 Å². The second kappa shape index (κ2) is 7.19. The summed E-state index contributed by atoms with van der Waals surface area (Å²) < 4.78 is 6.85. The SMILES string of the molecule is O=C(NN=Cc1ccc(-c2ccc(I)cc2)o1)c1cccnc1. The standard InChI is InChI=1S/C17H12IN3O2/c18-14-5-3-12(4-6-14)16-8-7-15(23-16)11-20-21-17(22)13-2-1-9-19-10-13/h1-11H,(H,21,22). The second-order valence-corrected chi connectivity index (χ2v) is 5.90. The van der Waals surface area contributed by atoms with Crippen LogP contribution in [0.25, 0.3) is 11.3 Å². The molecular formula is C17H12IN3O2. The van der Waals surface area contributed by atoms with Crippen LogP contribution >= 0.6 is 22.6 Å². The molecule has 0 atom stereocenters. The van der Waals surface area contributed by atoms with Gasteiger partial charge in [-0.25, -0.2) is 5.43 Å². The number of carbonyl (C=O) groups excluding carboxylic acids is 1. The van der Waals surface area contributed by atoms with E-state index in [-0.39, 0.29) is 5.91 Å². The van der Waals surface area contributed by atoms with Gasteiger partial charge in [0.2, 0.25) is 0 Å². The average Bonchev–Trinajstić information content (AvgIpc) is 3.05. The van der Waals surface area contributed by atoms with Crippen molar-refractivity contribution in [3.8, 4) is 11.3 Å². The van der Waals surface area contributed by atoms with E-state index in [4.69, 9.17) is 4.42 Å². The first-order chi connectivity index (χ1) is 11.2. The van der Waals surface area contributed by atoms with Crippen LogP contribution in [0.5, 0.6) is 0 Å². The van der Waals surface area contributed by atoms with Crippen LogP contribution < -0.4 is 5.43 Å². The number of amides is 1. The zero-order valence-corrected chi connectivity index (χ0v) is 14.1. The summed E-state index contributed by atoms with van der Waals surface area (Å²) in [6, 6.07) is 15.0. The van der Waals surface area contributed by atoms with Gasteiger partial charge in [0.15, 0.2) is 0 Å². The zero-order valence-electron chi connectivity index (χ0n) is 11.9. The molecule has 0 fully saturated rings. The Morgan fingerprint density at radius 1 is 1.17 bits per heavy atom. The summed E-state index contributed by atoms with van der Waals surface area (Å²) in [5, 5.41) is 3.89. The molecule has 0 spiro atoms. The Hall–Kier alpha value is -2.48. The summed E-state index contributed by atoms with van der Waals surface area (Å²) in [6.45, 7) is 0. The third-order valence-corrected chi connectivity index (χ3v) is 3.76. The van der Waals surface area contributed by atoms with Crippen LogP contribution in [0.15, 0.2) is 70.4 Å². The smallest absolute Gasteiger partial charge is 0.272 e. The van der Waals surface area contributed by atoms with Gasteiger partial charge >= 0.3 is 0 Å². The molecule has 3 aromatic rings. The number of nitrogens with one attached hydrogen (secondary N) is 1. The lowest BCUT2D eigenvalue weighted by molar-refractivity contribution is 0.0955. The fraction of sp³-hybridized carbons (Fsp3) is 0. The maximum atomic E-state index is 11.8. The minimum absolute atomic E-state index is 0.321. The van der Waals surface area contributed by atoms with Crippen molar-refractivity contribution in [2.75, 3.05) is 0 Å². The molecule has 0 aliphatic carbocycles. The molecule has 0 unspecified atom stereocenters. The molecule has 1 aromatic carbocycles. The molecule has 5 nitrogen and oxygen atoms in total. The summed E-state index contributed by atoms with van der Waals surface area (Å²) in [7, 11) is 0. The van der Waals surface area contributed by atoms with Crippen LogP contribution in [0.4, 0.5) is 0 Å². The van der Waals surface area contributed by atoms with Crippen LogP contribution in [0, 0.1) is 3.57 Å². The monoisotopic (exact) mass is 417 g/mol. The number of halogens is 1. The molecule has 2 heterocycles. The minimum Gasteiger partial charge on any atom is -0.455 e. The number of hydrazone groups is 1. The van der Waals surface area contributed by atoms with E-state index < -0.39 is 0 Å². The molecule has 0 aliphatic heterocycles. The molecule has 0 bridgehead atoms. The van der Waals surface area contributed by atoms with Crippen molar-refractivity contribution in [2.45, 2.75) is 0 Å². The Bertz CT molecular complexity index is 827. The fourth-order valence-corrected chi connectivity index (χ4v) is 2.27. The summed E-state index contributed by atoms with van der Waals surface area (Å²) in [4.78, 5) is 15.7. The summed E-state index contributed by atoms with van der Waals surface area (Å²) in [5.74, 6) is 0.991. The van der Waals surface area contributed by atoms with E-state index in [0.29, 0.717) is 11.3 Å². The Morgan fingerprint density at radius 2 is 2.00 bits per heavy atom. The predicted molar refractivity (Wildman–Crippen MR) is 96.2 cm³/mol. The number of benzene rings is 1.